The van der Waals surface area contributed by atoms with Gasteiger partial charge in [0.25, 0.3) is 5.91 Å². The molecule has 0 aliphatic carbocycles. The van der Waals surface area contributed by atoms with E-state index in [0.717, 1.165) is 54.6 Å². The number of aliphatic hydroxyl groups is 6. The third kappa shape index (κ3) is 22.4. The number of phenols is 3. The zero-order chi connectivity index (χ0) is 91.9. The summed E-state index contributed by atoms with van der Waals surface area (Å²) in [5.74, 6) is -19.2. The van der Waals surface area contributed by atoms with Gasteiger partial charge in [-0.05, 0) is 170 Å². The van der Waals surface area contributed by atoms with Crippen molar-refractivity contribution in [2.75, 3.05) is 18.5 Å². The van der Waals surface area contributed by atoms with Crippen molar-refractivity contribution < 1.29 is 135 Å². The number of ether oxygens (including phenoxy) is 7. The summed E-state index contributed by atoms with van der Waals surface area (Å²) in [5, 5.41) is 123. The van der Waals surface area contributed by atoms with E-state index >= 15 is 24.0 Å². The molecule has 14 rings (SSSR count). The van der Waals surface area contributed by atoms with Crippen LogP contribution in [0.5, 0.6) is 51.7 Å². The third-order valence-electron chi connectivity index (χ3n) is 23.0. The maximum atomic E-state index is 16.5. The lowest BCUT2D eigenvalue weighted by atomic mass is 9.84. The molecule has 11 bridgehead atoms. The van der Waals surface area contributed by atoms with Crippen molar-refractivity contribution in [3.05, 3.63) is 176 Å². The summed E-state index contributed by atoms with van der Waals surface area (Å²) < 4.78 is 83.0. The number of primary amides is 1. The summed E-state index contributed by atoms with van der Waals surface area (Å²) in [7, 11) is 0. The standard InChI is InChI=1S/C89H99Cl2F3N8O25/c1-6-43(24-40(2)3)82(116)101-73-61(108)30-49(33-68(96)110)84(118)99-71-48-31-65(122-63-21-18-45(75(73)111)28-56(63)90)79(126-87-80(78(114)77(113)67(39-103)124-87)125-69-37-88(5,81(115)41(4)121-69)97-38-42-12-10-14-50(25-42)98-83(117)47-13-11-15-52(26-47)127-89(92,93)94)66(32-48)123-64-22-19-46(29-57(64)91)76(112)74-86(120)100-72(59(106)16-8-7-9-23-95)55-34-51(104)35-60(107)70(55)54-27-44(17-20-58(54)105)53(36-62(71)109)85(119)102-74/h10-15,17-22,25-29,31-32,34-35,40-41,43,49,53,67,69,71-78,80-81,87,97,103-105,107,111-115H,6-9,16,23-24,30,33,36-39,95H2,1-5H3,(H2,96,110)(H,98,117)(H,99,118)(H,100,120)(H,101,116)(H,102,119)/t41-,43+,49-,53+,67+,69-,71?,72+,73-,74-,75+,76+,77+,78+,80+,81+,87?,88-/m0/s1. The lowest BCUT2D eigenvalue weighted by molar-refractivity contribution is -0.334. The number of benzene rings is 7. The van der Waals surface area contributed by atoms with Crippen LogP contribution in [0.1, 0.15) is 173 Å². The molecular formula is C89H99Cl2F3N8O25. The molecule has 2 saturated heterocycles. The van der Waals surface area contributed by atoms with Gasteiger partial charge < -0.3 is 122 Å². The molecule has 2 fully saturated rings. The number of phenolic OH excluding ortho intramolecular Hbond substituents is 3. The van der Waals surface area contributed by atoms with Crippen molar-refractivity contribution in [2.24, 2.45) is 29.2 Å². The van der Waals surface area contributed by atoms with Crippen LogP contribution in [0.4, 0.5) is 18.9 Å². The number of rotatable bonds is 24. The Balaban J connectivity index is 1.01. The first-order valence-corrected chi connectivity index (χ1v) is 41.9. The van der Waals surface area contributed by atoms with Crippen LogP contribution in [-0.4, -0.2) is 185 Å². The molecule has 0 aromatic heterocycles. The Bertz CT molecular complexity index is 5300. The Morgan fingerprint density at radius 3 is 2.04 bits per heavy atom. The van der Waals surface area contributed by atoms with Gasteiger partial charge in [-0.2, -0.15) is 0 Å². The predicted octanol–water partition coefficient (Wildman–Crippen LogP) is 8.51. The number of anilines is 1. The van der Waals surface area contributed by atoms with Gasteiger partial charge in [-0.15, -0.1) is 13.2 Å². The average Bonchev–Trinajstić information content (AvgIpc) is 0.762. The molecule has 19 N–H and O–H groups in total. The number of aromatic hydroxyl groups is 3. The van der Waals surface area contributed by atoms with E-state index < -0.39 is 245 Å². The maximum Gasteiger partial charge on any atom is 0.573 e. The highest BCUT2D eigenvalue weighted by molar-refractivity contribution is 6.32. The maximum absolute atomic E-state index is 16.5. The van der Waals surface area contributed by atoms with Gasteiger partial charge in [0, 0.05) is 78.5 Å². The fourth-order valence-corrected chi connectivity index (χ4v) is 16.8. The summed E-state index contributed by atoms with van der Waals surface area (Å²) in [6.07, 6.45) is -25.1. The largest absolute Gasteiger partial charge is 0.573 e. The lowest BCUT2D eigenvalue weighted by Crippen LogP contribution is -2.65. The highest BCUT2D eigenvalue weighted by Gasteiger charge is 2.53. The number of amides is 6. The molecule has 0 saturated carbocycles. The van der Waals surface area contributed by atoms with Crippen LogP contribution < -0.4 is 62.3 Å². The molecule has 18 atom stereocenters. The molecule has 6 amide bonds. The highest BCUT2D eigenvalue weighted by atomic mass is 35.5. The van der Waals surface area contributed by atoms with E-state index in [2.05, 4.69) is 36.6 Å². The fraction of sp³-hybridized carbons (Fsp3) is 0.427. The summed E-state index contributed by atoms with van der Waals surface area (Å²) in [6, 6.07) is 17.2. The molecule has 2 unspecified atom stereocenters. The molecule has 7 aliphatic heterocycles. The van der Waals surface area contributed by atoms with Gasteiger partial charge in [-0.25, -0.2) is 0 Å². The minimum Gasteiger partial charge on any atom is -0.508 e. The van der Waals surface area contributed by atoms with E-state index in [9.17, 15) is 78.3 Å². The minimum absolute atomic E-state index is 0.0442. The smallest absolute Gasteiger partial charge is 0.508 e. The van der Waals surface area contributed by atoms with Crippen molar-refractivity contribution in [1.29, 1.82) is 0 Å². The molecule has 7 aliphatic rings. The second-order valence-electron chi connectivity index (χ2n) is 32.8. The van der Waals surface area contributed by atoms with Gasteiger partial charge in [0.2, 0.25) is 41.6 Å². The van der Waals surface area contributed by atoms with Crippen LogP contribution >= 0.6 is 23.2 Å². The van der Waals surface area contributed by atoms with Crippen LogP contribution in [0.3, 0.4) is 0 Å². The van der Waals surface area contributed by atoms with Gasteiger partial charge in [-0.3, -0.25) is 43.2 Å². The zero-order valence-electron chi connectivity index (χ0n) is 69.3. The molecule has 0 spiro atoms. The number of Topliss-reactive ketones (excluding diaryl/α,β-unsaturated/α-hetero) is 3. The predicted molar refractivity (Wildman–Crippen MR) is 448 cm³/mol. The summed E-state index contributed by atoms with van der Waals surface area (Å²) in [6.45, 7) is 7.78. The van der Waals surface area contributed by atoms with E-state index in [1.807, 2.05) is 13.8 Å². The van der Waals surface area contributed by atoms with Crippen LogP contribution in [0, 0.1) is 17.8 Å². The molecule has 680 valence electrons. The number of nitrogens with two attached hydrogens (primary N) is 2. The van der Waals surface area contributed by atoms with Crippen molar-refractivity contribution in [3.63, 3.8) is 0 Å². The number of hydrogen-bond acceptors (Lipinski definition) is 27. The second-order valence-corrected chi connectivity index (χ2v) is 33.6. The van der Waals surface area contributed by atoms with E-state index in [1.54, 1.807) is 32.0 Å². The molecule has 33 nitrogen and oxygen atoms in total. The first-order valence-electron chi connectivity index (χ1n) is 41.2. The van der Waals surface area contributed by atoms with Crippen LogP contribution in [0.2, 0.25) is 10.0 Å². The molecule has 38 heteroatoms. The number of fused-ring (bicyclic) bond motifs is 15. The fourth-order valence-electron chi connectivity index (χ4n) is 16.3. The number of carbonyl (C=O) groups excluding carboxylic acids is 9. The van der Waals surface area contributed by atoms with E-state index in [-0.39, 0.29) is 106 Å². The van der Waals surface area contributed by atoms with Crippen LogP contribution in [-0.2, 0) is 59.1 Å². The number of ketones is 3. The Labute approximate surface area is 735 Å². The lowest BCUT2D eigenvalue weighted by Gasteiger charge is -2.48. The van der Waals surface area contributed by atoms with E-state index in [1.165, 1.54) is 61.5 Å². The van der Waals surface area contributed by atoms with Gasteiger partial charge in [0.15, 0.2) is 41.2 Å². The monoisotopic (exact) mass is 1810 g/mol. The van der Waals surface area contributed by atoms with Crippen molar-refractivity contribution in [2.45, 2.75) is 209 Å². The summed E-state index contributed by atoms with van der Waals surface area (Å²) >= 11 is 14.5. The van der Waals surface area contributed by atoms with E-state index in [0.29, 0.717) is 24.8 Å². The van der Waals surface area contributed by atoms with Crippen molar-refractivity contribution in [3.8, 4) is 62.9 Å². The Hall–Kier alpha value is -11.1. The number of nitrogens with one attached hydrogen (secondary N) is 6. The Morgan fingerprint density at radius 1 is 0.717 bits per heavy atom. The third-order valence-corrected chi connectivity index (χ3v) is 23.6. The molecule has 127 heavy (non-hydrogen) atoms. The Morgan fingerprint density at radius 2 is 1.39 bits per heavy atom. The van der Waals surface area contributed by atoms with Gasteiger partial charge in [0.1, 0.15) is 89.2 Å². The van der Waals surface area contributed by atoms with Gasteiger partial charge in [-0.1, -0.05) is 86.8 Å². The minimum atomic E-state index is -5.03. The summed E-state index contributed by atoms with van der Waals surface area (Å²) in [4.78, 5) is 135. The number of unbranched alkanes of at least 4 members (excludes halogenated alkanes) is 2. The van der Waals surface area contributed by atoms with Crippen molar-refractivity contribution in [1.82, 2.24) is 26.6 Å². The SMILES string of the molecule is CC[C@H](CC(C)C)C(=O)N[C@H]1C(=O)C[C@@H](CC(N)=O)C(=O)NC2C(=O)C[C@H]3C(=O)N[C@H](C(=O)N[C@@H](C(=O)CCCCCN)c4cc(O)cc(O)c4-c4cc3ccc4O)[C@H](O)c3ccc(c(Cl)c3)Oc3cc2cc(c3OC2O[C@H](CO)[C@@H](O)[C@@H](O)[C@H]2O[C@H]2C[C@](C)(NCc3cccc(NC(=O)c4cccc(OC(F)(F)F)c4)c3)[C@H](O)[C@H](C)O2)Oc2ccc(cc2Cl)[C@H]1O. The second kappa shape index (κ2) is 40.5. The number of aliphatic hydroxyl groups excluding tert-OH is 6. The van der Waals surface area contributed by atoms with Crippen LogP contribution in [0.25, 0.3) is 11.1 Å². The highest BCUT2D eigenvalue weighted by Crippen LogP contribution is 2.51. The normalized spacial score (nSPS) is 26.0. The average molecular weight is 1810 g/mol. The zero-order valence-corrected chi connectivity index (χ0v) is 70.8. The number of hydrogen-bond donors (Lipinski definition) is 17. The van der Waals surface area contributed by atoms with Gasteiger partial charge in [0.05, 0.1) is 40.7 Å². The number of carbonyl (C=O) groups is 9. The molecule has 7 aromatic carbocycles. The first-order chi connectivity index (χ1) is 60.2. The summed E-state index contributed by atoms with van der Waals surface area (Å²) in [5.41, 5.74) is 8.86. The molecule has 7 aromatic rings. The first kappa shape index (κ1) is 95.0. The quantitative estimate of drug-likeness (QED) is 0.0252. The van der Waals surface area contributed by atoms with Gasteiger partial charge >= 0.3 is 6.36 Å². The number of alkyl halides is 3. The van der Waals surface area contributed by atoms with E-state index in [4.69, 9.17) is 63.1 Å². The molecule has 7 heterocycles. The number of halogens is 5. The van der Waals surface area contributed by atoms with Crippen LogP contribution in [0.15, 0.2) is 127 Å². The van der Waals surface area contributed by atoms with Crippen molar-refractivity contribution >= 4 is 81.7 Å². The molecular weight excluding hydrogens is 1710 g/mol. The molecule has 0 radical (unpaired) electrons. The topological polar surface area (TPSA) is 525 Å². The Kier molecular flexibility index (Phi) is 30.3.